The van der Waals surface area contributed by atoms with Crippen LogP contribution in [-0.4, -0.2) is 43.7 Å². The Hall–Kier alpha value is -3.28. The fourth-order valence-electron chi connectivity index (χ4n) is 4.51. The molecule has 0 bridgehead atoms. The average Bonchev–Trinajstić information content (AvgIpc) is 3.88. The summed E-state index contributed by atoms with van der Waals surface area (Å²) < 4.78 is 15.1. The fraction of sp³-hybridized carbons (Fsp3) is 0.250. The van der Waals surface area contributed by atoms with Crippen LogP contribution in [0, 0.1) is 0 Å². The van der Waals surface area contributed by atoms with E-state index in [9.17, 15) is 5.11 Å². The molecule has 36 heavy (non-hydrogen) atoms. The van der Waals surface area contributed by atoms with Gasteiger partial charge in [0.05, 0.1) is 26.4 Å². The van der Waals surface area contributed by atoms with E-state index in [0.717, 1.165) is 48.7 Å². The van der Waals surface area contributed by atoms with Gasteiger partial charge in [0.15, 0.2) is 0 Å². The second-order valence-corrected chi connectivity index (χ2v) is 9.20. The van der Waals surface area contributed by atoms with Crippen molar-refractivity contribution in [1.82, 2.24) is 0 Å². The van der Waals surface area contributed by atoms with Crippen molar-refractivity contribution in [2.75, 3.05) is 26.4 Å². The lowest BCUT2D eigenvalue weighted by Crippen LogP contribution is -2.35. The molecule has 0 aliphatic carbocycles. The Kier molecular flexibility index (Phi) is 7.89. The van der Waals surface area contributed by atoms with Crippen LogP contribution in [0.5, 0.6) is 0 Å². The van der Waals surface area contributed by atoms with Crippen LogP contribution in [0.15, 0.2) is 121 Å². The molecule has 2 unspecified atom stereocenters. The van der Waals surface area contributed by atoms with Crippen LogP contribution in [0.4, 0.5) is 0 Å². The summed E-state index contributed by atoms with van der Waals surface area (Å²) in [5.41, 5.74) is 2.74. The van der Waals surface area contributed by atoms with E-state index >= 15 is 0 Å². The van der Waals surface area contributed by atoms with Crippen molar-refractivity contribution >= 4 is 0 Å². The second kappa shape index (κ2) is 11.6. The van der Waals surface area contributed by atoms with Gasteiger partial charge >= 0.3 is 0 Å². The van der Waals surface area contributed by atoms with Gasteiger partial charge in [0.25, 0.3) is 0 Å². The van der Waals surface area contributed by atoms with Gasteiger partial charge in [0.1, 0.15) is 17.8 Å². The first kappa shape index (κ1) is 24.4. The summed E-state index contributed by atoms with van der Waals surface area (Å²) >= 11 is 0. The SMILES string of the molecule is C(OCC1CO1)C1CO1.OC(c1ccccc1)(c1ccccc1)C(c1ccccc1)c1ccccc1. The Labute approximate surface area is 213 Å². The number of rotatable bonds is 9. The van der Waals surface area contributed by atoms with Gasteiger partial charge in [-0.05, 0) is 22.3 Å². The molecule has 6 rings (SSSR count). The molecule has 0 amide bonds. The zero-order chi connectivity index (χ0) is 24.6. The molecule has 4 heteroatoms. The number of ether oxygens (including phenoxy) is 3. The van der Waals surface area contributed by atoms with Crippen molar-refractivity contribution in [2.24, 2.45) is 0 Å². The fourth-order valence-corrected chi connectivity index (χ4v) is 4.51. The summed E-state index contributed by atoms with van der Waals surface area (Å²) in [4.78, 5) is 0. The molecule has 2 aliphatic rings. The van der Waals surface area contributed by atoms with E-state index < -0.39 is 5.60 Å². The third-order valence-corrected chi connectivity index (χ3v) is 6.52. The molecule has 0 saturated carbocycles. The quantitative estimate of drug-likeness (QED) is 0.319. The summed E-state index contributed by atoms with van der Waals surface area (Å²) in [7, 11) is 0. The van der Waals surface area contributed by atoms with Gasteiger partial charge in [-0.1, -0.05) is 121 Å². The number of benzene rings is 4. The largest absolute Gasteiger partial charge is 0.379 e. The van der Waals surface area contributed by atoms with Gasteiger partial charge in [0, 0.05) is 5.92 Å². The highest BCUT2D eigenvalue weighted by molar-refractivity contribution is 5.47. The van der Waals surface area contributed by atoms with E-state index in [1.807, 2.05) is 97.1 Å². The van der Waals surface area contributed by atoms with E-state index in [-0.39, 0.29) is 5.92 Å². The lowest BCUT2D eigenvalue weighted by Gasteiger charge is -2.38. The lowest BCUT2D eigenvalue weighted by molar-refractivity contribution is 0.0625. The second-order valence-electron chi connectivity index (χ2n) is 9.20. The Morgan fingerprint density at radius 3 is 1.28 bits per heavy atom. The smallest absolute Gasteiger partial charge is 0.125 e. The van der Waals surface area contributed by atoms with E-state index in [2.05, 4.69) is 24.3 Å². The molecule has 0 radical (unpaired) electrons. The van der Waals surface area contributed by atoms with Gasteiger partial charge in [-0.15, -0.1) is 0 Å². The van der Waals surface area contributed by atoms with Crippen LogP contribution in [-0.2, 0) is 19.8 Å². The molecule has 0 spiro atoms. The first-order valence-corrected chi connectivity index (χ1v) is 12.5. The Morgan fingerprint density at radius 1 is 0.611 bits per heavy atom. The normalized spacial score (nSPS) is 18.3. The third-order valence-electron chi connectivity index (χ3n) is 6.52. The molecular formula is C32H32O4. The summed E-state index contributed by atoms with van der Waals surface area (Å²) in [5, 5.41) is 12.3. The van der Waals surface area contributed by atoms with Crippen LogP contribution >= 0.6 is 0 Å². The number of aliphatic hydroxyl groups is 1. The zero-order valence-corrected chi connectivity index (χ0v) is 20.3. The minimum Gasteiger partial charge on any atom is -0.379 e. The molecule has 0 aromatic heterocycles. The topological polar surface area (TPSA) is 54.5 Å². The summed E-state index contributed by atoms with van der Waals surface area (Å²) in [6, 6.07) is 40.4. The Morgan fingerprint density at radius 2 is 0.944 bits per heavy atom. The summed E-state index contributed by atoms with van der Waals surface area (Å²) in [6.07, 6.45) is 0.785. The standard InChI is InChI=1S/C26H22O.C6H10O3/c27-26(23-17-9-3-10-18-23,24-19-11-4-12-20-24)25(21-13-5-1-6-14-21)22-15-7-2-8-16-22;1(5-3-8-5)7-2-6-4-9-6/h1-20,25,27H;5-6H,1-4H2. The molecule has 2 saturated heterocycles. The van der Waals surface area contributed by atoms with Gasteiger partial charge in [-0.2, -0.15) is 0 Å². The van der Waals surface area contributed by atoms with E-state index in [1.165, 1.54) is 0 Å². The van der Waals surface area contributed by atoms with E-state index in [1.54, 1.807) is 0 Å². The molecule has 4 aromatic carbocycles. The first-order chi connectivity index (χ1) is 17.7. The molecular weight excluding hydrogens is 448 g/mol. The van der Waals surface area contributed by atoms with E-state index in [4.69, 9.17) is 14.2 Å². The van der Waals surface area contributed by atoms with Gasteiger partial charge in [-0.25, -0.2) is 0 Å². The maximum atomic E-state index is 12.3. The maximum Gasteiger partial charge on any atom is 0.125 e. The summed E-state index contributed by atoms with van der Waals surface area (Å²) in [6.45, 7) is 3.26. The zero-order valence-electron chi connectivity index (χ0n) is 20.3. The summed E-state index contributed by atoms with van der Waals surface area (Å²) in [5.74, 6) is -0.232. The molecule has 2 fully saturated rings. The third kappa shape index (κ3) is 6.10. The van der Waals surface area contributed by atoms with Gasteiger partial charge < -0.3 is 19.3 Å². The highest BCUT2D eigenvalue weighted by Crippen LogP contribution is 2.46. The van der Waals surface area contributed by atoms with Crippen molar-refractivity contribution in [3.63, 3.8) is 0 Å². The van der Waals surface area contributed by atoms with Crippen LogP contribution in [0.3, 0.4) is 0 Å². The predicted molar refractivity (Wildman–Crippen MR) is 141 cm³/mol. The van der Waals surface area contributed by atoms with Crippen molar-refractivity contribution in [2.45, 2.75) is 23.7 Å². The van der Waals surface area contributed by atoms with Crippen LogP contribution in [0.25, 0.3) is 0 Å². The number of hydrogen-bond acceptors (Lipinski definition) is 4. The molecule has 184 valence electrons. The van der Waals surface area contributed by atoms with Crippen molar-refractivity contribution in [3.05, 3.63) is 144 Å². The van der Waals surface area contributed by atoms with Crippen molar-refractivity contribution in [1.29, 1.82) is 0 Å². The minimum absolute atomic E-state index is 0.232. The van der Waals surface area contributed by atoms with Crippen molar-refractivity contribution < 1.29 is 19.3 Å². The minimum atomic E-state index is -1.19. The van der Waals surface area contributed by atoms with Crippen LogP contribution in [0.1, 0.15) is 28.2 Å². The average molecular weight is 481 g/mol. The maximum absolute atomic E-state index is 12.3. The highest BCUT2D eigenvalue weighted by atomic mass is 16.6. The van der Waals surface area contributed by atoms with E-state index in [0.29, 0.717) is 12.2 Å². The molecule has 2 heterocycles. The highest BCUT2D eigenvalue weighted by Gasteiger charge is 2.42. The van der Waals surface area contributed by atoms with Crippen molar-refractivity contribution in [3.8, 4) is 0 Å². The molecule has 1 N–H and O–H groups in total. The predicted octanol–water partition coefficient (Wildman–Crippen LogP) is 5.56. The number of hydrogen-bond donors (Lipinski definition) is 1. The van der Waals surface area contributed by atoms with Gasteiger partial charge in [0.2, 0.25) is 0 Å². The van der Waals surface area contributed by atoms with Crippen LogP contribution in [0.2, 0.25) is 0 Å². The van der Waals surface area contributed by atoms with Gasteiger partial charge in [-0.3, -0.25) is 0 Å². The molecule has 2 aliphatic heterocycles. The Balaban J connectivity index is 0.000000247. The first-order valence-electron chi connectivity index (χ1n) is 12.5. The molecule has 4 aromatic rings. The number of epoxide rings is 2. The molecule has 2 atom stereocenters. The monoisotopic (exact) mass is 480 g/mol. The van der Waals surface area contributed by atoms with Crippen LogP contribution < -0.4 is 0 Å². The molecule has 4 nitrogen and oxygen atoms in total. The lowest BCUT2D eigenvalue weighted by atomic mass is 9.70. The Bertz CT molecular complexity index is 1080.